The Morgan fingerprint density at radius 3 is 2.59 bits per heavy atom. The Labute approximate surface area is 143 Å². The first kappa shape index (κ1) is 19.0. The van der Waals surface area contributed by atoms with E-state index in [4.69, 9.17) is 6.42 Å². The van der Waals surface area contributed by atoms with Gasteiger partial charge in [-0.3, -0.25) is 4.79 Å². The van der Waals surface area contributed by atoms with Crippen molar-refractivity contribution in [2.75, 3.05) is 18.6 Å². The molecule has 8 heteroatoms. The third-order valence-corrected chi connectivity index (χ3v) is 5.37. The third-order valence-electron chi connectivity index (χ3n) is 2.71. The lowest BCUT2D eigenvalue weighted by Crippen LogP contribution is -2.47. The number of carbonyl (C=O) groups is 1. The van der Waals surface area contributed by atoms with Crippen LogP contribution < -0.4 is 10.0 Å². The van der Waals surface area contributed by atoms with Gasteiger partial charge >= 0.3 is 0 Å². The molecule has 0 fully saturated rings. The van der Waals surface area contributed by atoms with E-state index in [0.717, 1.165) is 4.47 Å². The number of rotatable bonds is 8. The lowest BCUT2D eigenvalue weighted by molar-refractivity contribution is -0.122. The number of terminal acetylenes is 1. The molecule has 0 saturated carbocycles. The Bertz CT molecular complexity index is 639. The highest BCUT2D eigenvalue weighted by Gasteiger charge is 2.25. The summed E-state index contributed by atoms with van der Waals surface area (Å²) in [6, 6.07) is 5.34. The number of carbonyl (C=O) groups excluding carboxylic acids is 1. The number of nitrogens with one attached hydrogen (secondary N) is 2. The van der Waals surface area contributed by atoms with Gasteiger partial charge in [-0.1, -0.05) is 21.9 Å². The summed E-state index contributed by atoms with van der Waals surface area (Å²) in [4.78, 5) is 12.1. The fraction of sp³-hybridized carbons (Fsp3) is 0.357. The van der Waals surface area contributed by atoms with Gasteiger partial charge in [0.25, 0.3) is 0 Å². The molecule has 1 amide bonds. The predicted molar refractivity (Wildman–Crippen MR) is 93.1 cm³/mol. The summed E-state index contributed by atoms with van der Waals surface area (Å²) in [6.45, 7) is 0.0641. The molecule has 0 spiro atoms. The van der Waals surface area contributed by atoms with Crippen LogP contribution in [-0.4, -0.2) is 38.9 Å². The molecule has 1 unspecified atom stereocenters. The Kier molecular flexibility index (Phi) is 7.96. The van der Waals surface area contributed by atoms with Crippen LogP contribution in [0.25, 0.3) is 0 Å². The molecule has 0 bridgehead atoms. The van der Waals surface area contributed by atoms with Crippen LogP contribution in [0.2, 0.25) is 0 Å². The molecule has 1 rings (SSSR count). The summed E-state index contributed by atoms with van der Waals surface area (Å²) in [5, 5.41) is 2.51. The fourth-order valence-corrected chi connectivity index (χ4v) is 3.58. The zero-order chi connectivity index (χ0) is 16.6. The van der Waals surface area contributed by atoms with Crippen molar-refractivity contribution in [2.24, 2.45) is 0 Å². The van der Waals surface area contributed by atoms with E-state index in [1.807, 2.05) is 6.26 Å². The van der Waals surface area contributed by atoms with Gasteiger partial charge in [0.05, 0.1) is 11.4 Å². The third kappa shape index (κ3) is 6.01. The van der Waals surface area contributed by atoms with Crippen LogP contribution in [0.5, 0.6) is 0 Å². The Morgan fingerprint density at radius 2 is 2.05 bits per heavy atom. The second-order valence-corrected chi connectivity index (χ2v) is 7.95. The number of benzene rings is 1. The minimum absolute atomic E-state index is 0.0641. The molecule has 120 valence electrons. The molecule has 1 aromatic carbocycles. The van der Waals surface area contributed by atoms with E-state index in [0.29, 0.717) is 12.2 Å². The number of amides is 1. The summed E-state index contributed by atoms with van der Waals surface area (Å²) in [6.07, 6.45) is 7.37. The van der Waals surface area contributed by atoms with Gasteiger partial charge in [0.1, 0.15) is 6.04 Å². The summed E-state index contributed by atoms with van der Waals surface area (Å²) >= 11 is 4.78. The first-order chi connectivity index (χ1) is 10.4. The average Bonchev–Trinajstić information content (AvgIpc) is 2.49. The molecule has 22 heavy (non-hydrogen) atoms. The Hall–Kier alpha value is -1.01. The zero-order valence-corrected chi connectivity index (χ0v) is 15.2. The van der Waals surface area contributed by atoms with Crippen molar-refractivity contribution in [3.63, 3.8) is 0 Å². The van der Waals surface area contributed by atoms with Crippen LogP contribution in [-0.2, 0) is 14.8 Å². The standard InChI is InChI=1S/C14H17BrN2O3S2/c1-3-9-16-14(18)13(8-10-21-2)17-22(19,20)12-6-4-11(15)5-7-12/h1,4-7,13,17H,8-10H2,2H3,(H,16,18). The molecule has 1 atom stereocenters. The maximum Gasteiger partial charge on any atom is 0.241 e. The van der Waals surface area contributed by atoms with Gasteiger partial charge in [-0.05, 0) is 42.7 Å². The monoisotopic (exact) mass is 404 g/mol. The van der Waals surface area contributed by atoms with E-state index in [2.05, 4.69) is 31.9 Å². The van der Waals surface area contributed by atoms with Crippen molar-refractivity contribution < 1.29 is 13.2 Å². The van der Waals surface area contributed by atoms with Crippen LogP contribution in [0.15, 0.2) is 33.6 Å². The van der Waals surface area contributed by atoms with Crippen molar-refractivity contribution in [3.8, 4) is 12.3 Å². The molecular formula is C14H17BrN2O3S2. The number of hydrogen-bond acceptors (Lipinski definition) is 4. The van der Waals surface area contributed by atoms with Crippen molar-refractivity contribution >= 4 is 43.6 Å². The van der Waals surface area contributed by atoms with Gasteiger partial charge in [0.2, 0.25) is 15.9 Å². The summed E-state index contributed by atoms with van der Waals surface area (Å²) < 4.78 is 27.9. The highest BCUT2D eigenvalue weighted by molar-refractivity contribution is 9.10. The zero-order valence-electron chi connectivity index (χ0n) is 12.0. The van der Waals surface area contributed by atoms with Gasteiger partial charge in [0, 0.05) is 4.47 Å². The molecule has 2 N–H and O–H groups in total. The Morgan fingerprint density at radius 1 is 1.41 bits per heavy atom. The highest BCUT2D eigenvalue weighted by Crippen LogP contribution is 2.15. The van der Waals surface area contributed by atoms with Gasteiger partial charge in [-0.15, -0.1) is 6.42 Å². The maximum absolute atomic E-state index is 12.3. The second kappa shape index (κ2) is 9.20. The van der Waals surface area contributed by atoms with Crippen molar-refractivity contribution in [3.05, 3.63) is 28.7 Å². The van der Waals surface area contributed by atoms with Crippen molar-refractivity contribution in [2.45, 2.75) is 17.4 Å². The highest BCUT2D eigenvalue weighted by atomic mass is 79.9. The SMILES string of the molecule is C#CCNC(=O)C(CCSC)NS(=O)(=O)c1ccc(Br)cc1. The van der Waals surface area contributed by atoms with Gasteiger partial charge in [0.15, 0.2) is 0 Å². The molecule has 5 nitrogen and oxygen atoms in total. The van der Waals surface area contributed by atoms with E-state index in [1.54, 1.807) is 12.1 Å². The Balaban J connectivity index is 2.89. The number of hydrogen-bond donors (Lipinski definition) is 2. The summed E-state index contributed by atoms with van der Waals surface area (Å²) in [5.74, 6) is 2.52. The van der Waals surface area contributed by atoms with E-state index in [9.17, 15) is 13.2 Å². The minimum atomic E-state index is -3.77. The first-order valence-electron chi connectivity index (χ1n) is 6.38. The molecular weight excluding hydrogens is 388 g/mol. The molecule has 0 aliphatic rings. The first-order valence-corrected chi connectivity index (χ1v) is 10.1. The molecule has 0 aliphatic heterocycles. The molecule has 0 radical (unpaired) electrons. The quantitative estimate of drug-likeness (QED) is 0.645. The normalized spacial score (nSPS) is 12.4. The van der Waals surface area contributed by atoms with Crippen LogP contribution in [0.3, 0.4) is 0 Å². The van der Waals surface area contributed by atoms with Gasteiger partial charge in [-0.25, -0.2) is 8.42 Å². The average molecular weight is 405 g/mol. The number of thioether (sulfide) groups is 1. The van der Waals surface area contributed by atoms with Crippen LogP contribution in [0.4, 0.5) is 0 Å². The second-order valence-electron chi connectivity index (χ2n) is 4.33. The lowest BCUT2D eigenvalue weighted by Gasteiger charge is -2.17. The van der Waals surface area contributed by atoms with E-state index < -0.39 is 22.0 Å². The van der Waals surface area contributed by atoms with E-state index in [-0.39, 0.29) is 11.4 Å². The van der Waals surface area contributed by atoms with Crippen molar-refractivity contribution in [1.29, 1.82) is 0 Å². The van der Waals surface area contributed by atoms with Gasteiger partial charge < -0.3 is 5.32 Å². The molecule has 0 heterocycles. The fourth-order valence-electron chi connectivity index (χ4n) is 1.61. The van der Waals surface area contributed by atoms with Crippen LogP contribution >= 0.6 is 27.7 Å². The van der Waals surface area contributed by atoms with Crippen molar-refractivity contribution in [1.82, 2.24) is 10.0 Å². The number of sulfonamides is 1. The predicted octanol–water partition coefficient (Wildman–Crippen LogP) is 1.60. The van der Waals surface area contributed by atoms with E-state index in [1.165, 1.54) is 23.9 Å². The minimum Gasteiger partial charge on any atom is -0.344 e. The molecule has 0 aliphatic carbocycles. The number of halogens is 1. The largest absolute Gasteiger partial charge is 0.344 e. The van der Waals surface area contributed by atoms with Gasteiger partial charge in [-0.2, -0.15) is 16.5 Å². The smallest absolute Gasteiger partial charge is 0.241 e. The van der Waals surface area contributed by atoms with Crippen LogP contribution in [0.1, 0.15) is 6.42 Å². The van der Waals surface area contributed by atoms with Crippen LogP contribution in [0, 0.1) is 12.3 Å². The molecule has 1 aromatic rings. The summed E-state index contributed by atoms with van der Waals surface area (Å²) in [5.41, 5.74) is 0. The molecule has 0 saturated heterocycles. The molecule has 0 aromatic heterocycles. The summed E-state index contributed by atoms with van der Waals surface area (Å²) in [7, 11) is -3.77. The maximum atomic E-state index is 12.3. The van der Waals surface area contributed by atoms with E-state index >= 15 is 0 Å². The lowest BCUT2D eigenvalue weighted by atomic mass is 10.2. The topological polar surface area (TPSA) is 75.3 Å².